The second-order valence-electron chi connectivity index (χ2n) is 7.92. The van der Waals surface area contributed by atoms with E-state index < -0.39 is 5.60 Å². The van der Waals surface area contributed by atoms with Crippen LogP contribution in [0.25, 0.3) is 0 Å². The van der Waals surface area contributed by atoms with E-state index in [1.165, 1.54) is 12.1 Å². The Balaban J connectivity index is 1.62. The van der Waals surface area contributed by atoms with Crippen LogP contribution in [0.3, 0.4) is 0 Å². The highest BCUT2D eigenvalue weighted by molar-refractivity contribution is 6.42. The van der Waals surface area contributed by atoms with Crippen molar-refractivity contribution in [2.24, 2.45) is 0 Å². The molecule has 33 heavy (non-hydrogen) atoms. The first kappa shape index (κ1) is 24.7. The molecule has 8 heteroatoms. The summed E-state index contributed by atoms with van der Waals surface area (Å²) in [5.74, 6) is -0.388. The summed E-state index contributed by atoms with van der Waals surface area (Å²) in [5.41, 5.74) is 1.80. The molecule has 3 nitrogen and oxygen atoms in total. The fourth-order valence-electron chi connectivity index (χ4n) is 4.01. The summed E-state index contributed by atoms with van der Waals surface area (Å²) in [5, 5.41) is 5.32. The molecule has 1 fully saturated rings. The summed E-state index contributed by atoms with van der Waals surface area (Å²) in [7, 11) is 0. The van der Waals surface area contributed by atoms with Crippen molar-refractivity contribution in [1.29, 1.82) is 0 Å². The Bertz CT molecular complexity index is 1110. The first-order valence-electron chi connectivity index (χ1n) is 10.5. The molecule has 1 saturated heterocycles. The van der Waals surface area contributed by atoms with Crippen molar-refractivity contribution in [2.45, 2.75) is 31.3 Å². The fourth-order valence-corrected chi connectivity index (χ4v) is 4.68. The van der Waals surface area contributed by atoms with Crippen molar-refractivity contribution in [1.82, 2.24) is 5.32 Å². The molecule has 1 aliphatic rings. The molecule has 174 valence electrons. The Morgan fingerprint density at radius 1 is 0.879 bits per heavy atom. The molecule has 0 amide bonds. The van der Waals surface area contributed by atoms with Crippen LogP contribution in [0.4, 0.5) is 4.39 Å². The molecule has 4 rings (SSSR count). The minimum absolute atomic E-state index is 0.203. The van der Waals surface area contributed by atoms with E-state index >= 15 is 0 Å². The minimum Gasteiger partial charge on any atom is -0.369 e. The number of nitrogens with one attached hydrogen (secondary N) is 1. The van der Waals surface area contributed by atoms with Gasteiger partial charge in [-0.25, -0.2) is 4.39 Å². The highest BCUT2D eigenvalue weighted by Crippen LogP contribution is 2.39. The summed E-state index contributed by atoms with van der Waals surface area (Å²) in [6.45, 7) is 1.86. The number of halogens is 5. The molecule has 2 atom stereocenters. The molecular formula is C25H22Cl4FNO2. The van der Waals surface area contributed by atoms with Gasteiger partial charge in [0.1, 0.15) is 17.5 Å². The average molecular weight is 529 g/mol. The van der Waals surface area contributed by atoms with Crippen molar-refractivity contribution in [3.8, 4) is 0 Å². The Morgan fingerprint density at radius 3 is 2.39 bits per heavy atom. The maximum atomic E-state index is 13.5. The van der Waals surface area contributed by atoms with E-state index in [1.54, 1.807) is 18.2 Å². The van der Waals surface area contributed by atoms with Gasteiger partial charge in [0.05, 0.1) is 23.3 Å². The van der Waals surface area contributed by atoms with E-state index in [0.717, 1.165) is 17.7 Å². The molecule has 0 saturated carbocycles. The van der Waals surface area contributed by atoms with Gasteiger partial charge in [-0.1, -0.05) is 70.7 Å². The third kappa shape index (κ3) is 5.83. The molecule has 1 N–H and O–H groups in total. The van der Waals surface area contributed by atoms with Crippen LogP contribution in [-0.2, 0) is 28.3 Å². The van der Waals surface area contributed by atoms with Crippen molar-refractivity contribution < 1.29 is 13.9 Å². The van der Waals surface area contributed by atoms with Crippen molar-refractivity contribution in [3.63, 3.8) is 0 Å². The Hall–Kier alpha value is -1.37. The summed E-state index contributed by atoms with van der Waals surface area (Å²) >= 11 is 24.6. The predicted octanol–water partition coefficient (Wildman–Crippen LogP) is 7.43. The lowest BCUT2D eigenvalue weighted by Gasteiger charge is -2.44. The Labute approximate surface area is 212 Å². The summed E-state index contributed by atoms with van der Waals surface area (Å²) in [4.78, 5) is 0. The molecule has 0 aromatic heterocycles. The maximum Gasteiger partial charge on any atom is 0.124 e. The molecule has 3 aromatic rings. The zero-order chi connectivity index (χ0) is 23.4. The Kier molecular flexibility index (Phi) is 8.19. The standard InChI is InChI=1S/C25H22Cl4FNO2/c26-19-5-3-18(4-6-19)25(33-15-17-2-7-20(30)12-22(17)28)9-10-31-13-24(25)32-14-16-1-8-21(27)23(29)11-16/h1-8,11-12,24,31H,9-10,13-15H2/t24-,25+/m0/s1. The lowest BCUT2D eigenvalue weighted by Crippen LogP contribution is -2.54. The van der Waals surface area contributed by atoms with Crippen LogP contribution >= 0.6 is 46.4 Å². The van der Waals surface area contributed by atoms with E-state index in [0.29, 0.717) is 45.2 Å². The third-order valence-electron chi connectivity index (χ3n) is 5.79. The molecule has 1 heterocycles. The fraction of sp³-hybridized carbons (Fsp3) is 0.280. The van der Waals surface area contributed by atoms with Crippen LogP contribution in [0, 0.1) is 5.82 Å². The molecular weight excluding hydrogens is 507 g/mol. The molecule has 0 unspecified atom stereocenters. The normalized spacial score (nSPS) is 20.7. The molecule has 0 radical (unpaired) electrons. The van der Waals surface area contributed by atoms with Gasteiger partial charge in [0, 0.05) is 16.6 Å². The van der Waals surface area contributed by atoms with Crippen LogP contribution in [0.2, 0.25) is 20.1 Å². The number of ether oxygens (including phenoxy) is 2. The monoisotopic (exact) mass is 527 g/mol. The van der Waals surface area contributed by atoms with Crippen LogP contribution < -0.4 is 5.32 Å². The highest BCUT2D eigenvalue weighted by Gasteiger charge is 2.44. The van der Waals surface area contributed by atoms with Crippen LogP contribution in [0.5, 0.6) is 0 Å². The molecule has 1 aliphatic heterocycles. The van der Waals surface area contributed by atoms with E-state index in [4.69, 9.17) is 55.9 Å². The summed E-state index contributed by atoms with van der Waals surface area (Å²) < 4.78 is 26.5. The smallest absolute Gasteiger partial charge is 0.124 e. The predicted molar refractivity (Wildman–Crippen MR) is 132 cm³/mol. The summed E-state index contributed by atoms with van der Waals surface area (Å²) in [6.07, 6.45) is 0.348. The molecule has 3 aromatic carbocycles. The number of hydrogen-bond donors (Lipinski definition) is 1. The summed E-state index contributed by atoms with van der Waals surface area (Å²) in [6, 6.07) is 17.3. The molecule has 0 bridgehead atoms. The topological polar surface area (TPSA) is 30.5 Å². The second kappa shape index (κ2) is 10.9. The van der Waals surface area contributed by atoms with Gasteiger partial charge in [0.15, 0.2) is 0 Å². The van der Waals surface area contributed by atoms with Crippen molar-refractivity contribution >= 4 is 46.4 Å². The largest absolute Gasteiger partial charge is 0.369 e. The van der Waals surface area contributed by atoms with Gasteiger partial charge >= 0.3 is 0 Å². The number of benzene rings is 3. The van der Waals surface area contributed by atoms with Crippen LogP contribution in [0.1, 0.15) is 23.1 Å². The minimum atomic E-state index is -0.760. The first-order chi connectivity index (χ1) is 15.9. The second-order valence-corrected chi connectivity index (χ2v) is 9.58. The quantitative estimate of drug-likeness (QED) is 0.346. The van der Waals surface area contributed by atoms with Crippen LogP contribution in [-0.4, -0.2) is 19.2 Å². The zero-order valence-corrected chi connectivity index (χ0v) is 20.6. The number of hydrogen-bond acceptors (Lipinski definition) is 3. The van der Waals surface area contributed by atoms with Gasteiger partial charge in [-0.3, -0.25) is 0 Å². The SMILES string of the molecule is Fc1ccc(CO[C@@]2(c3ccc(Cl)cc3)CCNC[C@@H]2OCc2ccc(Cl)c(Cl)c2)c(Cl)c1. The Morgan fingerprint density at radius 2 is 1.67 bits per heavy atom. The van der Waals surface area contributed by atoms with Crippen molar-refractivity contribution in [2.75, 3.05) is 13.1 Å². The van der Waals surface area contributed by atoms with Gasteiger partial charge in [-0.05, 0) is 66.1 Å². The average Bonchev–Trinajstić information content (AvgIpc) is 2.80. The van der Waals surface area contributed by atoms with E-state index in [-0.39, 0.29) is 18.5 Å². The van der Waals surface area contributed by atoms with Gasteiger partial charge in [0.25, 0.3) is 0 Å². The van der Waals surface area contributed by atoms with E-state index in [2.05, 4.69) is 5.32 Å². The van der Waals surface area contributed by atoms with Gasteiger partial charge in [-0.2, -0.15) is 0 Å². The first-order valence-corrected chi connectivity index (χ1v) is 12.0. The van der Waals surface area contributed by atoms with Gasteiger partial charge in [0.2, 0.25) is 0 Å². The van der Waals surface area contributed by atoms with E-state index in [1.807, 2.05) is 30.3 Å². The zero-order valence-electron chi connectivity index (χ0n) is 17.6. The van der Waals surface area contributed by atoms with E-state index in [9.17, 15) is 4.39 Å². The van der Waals surface area contributed by atoms with Crippen LogP contribution in [0.15, 0.2) is 60.7 Å². The third-order valence-corrected chi connectivity index (χ3v) is 7.13. The van der Waals surface area contributed by atoms with Crippen molar-refractivity contribution in [3.05, 3.63) is 103 Å². The van der Waals surface area contributed by atoms with Gasteiger partial charge < -0.3 is 14.8 Å². The lowest BCUT2D eigenvalue weighted by atomic mass is 9.82. The molecule has 0 aliphatic carbocycles. The van der Waals surface area contributed by atoms with Gasteiger partial charge in [-0.15, -0.1) is 0 Å². The molecule has 0 spiro atoms. The lowest BCUT2D eigenvalue weighted by molar-refractivity contribution is -0.176. The number of piperidine rings is 1. The highest BCUT2D eigenvalue weighted by atomic mass is 35.5. The number of rotatable bonds is 7. The maximum absolute atomic E-state index is 13.5.